The minimum atomic E-state index is -1.44. The molecule has 1 fully saturated rings. The zero-order valence-electron chi connectivity index (χ0n) is 20.9. The number of methoxy groups -OCH3 is 2. The molecule has 0 radical (unpaired) electrons. The number of carbonyl (C=O) groups excluding carboxylic acids is 1. The molecule has 0 unspecified atom stereocenters. The highest BCUT2D eigenvalue weighted by Crippen LogP contribution is 2.34. The van der Waals surface area contributed by atoms with Gasteiger partial charge in [-0.1, -0.05) is 12.1 Å². The van der Waals surface area contributed by atoms with Crippen LogP contribution >= 0.6 is 0 Å². The van der Waals surface area contributed by atoms with Crippen molar-refractivity contribution in [3.8, 4) is 22.9 Å². The molecular weight excluding hydrogens is 494 g/mol. The molecule has 1 aliphatic heterocycles. The first-order valence-electron chi connectivity index (χ1n) is 11.8. The number of ether oxygens (including phenoxy) is 3. The van der Waals surface area contributed by atoms with E-state index in [1.54, 1.807) is 25.6 Å². The fraction of sp³-hybridized carbons (Fsp3) is 0.320. The Kier molecular flexibility index (Phi) is 7.05. The molecule has 13 nitrogen and oxygen atoms in total. The molecule has 0 bridgehead atoms. The number of nitrogens with one attached hydrogen (secondary N) is 2. The topological polar surface area (TPSA) is 166 Å². The van der Waals surface area contributed by atoms with Gasteiger partial charge in [0.1, 0.15) is 23.7 Å². The third kappa shape index (κ3) is 4.69. The van der Waals surface area contributed by atoms with Gasteiger partial charge in [-0.2, -0.15) is 0 Å². The fourth-order valence-corrected chi connectivity index (χ4v) is 4.22. The summed E-state index contributed by atoms with van der Waals surface area (Å²) in [6.45, 7) is 0.409. The molecule has 0 aliphatic carbocycles. The number of aliphatic hydroxyl groups is 2. The Morgan fingerprint density at radius 2 is 1.92 bits per heavy atom. The molecule has 1 amide bonds. The van der Waals surface area contributed by atoms with E-state index in [4.69, 9.17) is 19.2 Å². The Balaban J connectivity index is 1.57. The van der Waals surface area contributed by atoms with Crippen LogP contribution in [0.15, 0.2) is 49.1 Å². The molecule has 4 heterocycles. The van der Waals surface area contributed by atoms with Crippen molar-refractivity contribution < 1.29 is 29.2 Å². The maximum absolute atomic E-state index is 12.2. The molecule has 198 valence electrons. The lowest BCUT2D eigenvalue weighted by atomic mass is 10.1. The monoisotopic (exact) mass is 521 g/mol. The van der Waals surface area contributed by atoms with Crippen molar-refractivity contribution >= 4 is 22.9 Å². The van der Waals surface area contributed by atoms with Crippen LogP contribution in [0.4, 0.5) is 5.82 Å². The summed E-state index contributed by atoms with van der Waals surface area (Å²) in [5.41, 5.74) is 2.26. The van der Waals surface area contributed by atoms with E-state index in [9.17, 15) is 15.0 Å². The number of carbonyl (C=O) groups is 1. The predicted molar refractivity (Wildman–Crippen MR) is 135 cm³/mol. The number of amides is 1. The van der Waals surface area contributed by atoms with Crippen LogP contribution in [0.2, 0.25) is 0 Å². The van der Waals surface area contributed by atoms with E-state index in [2.05, 4.69) is 25.6 Å². The predicted octanol–water partition coefficient (Wildman–Crippen LogP) is 0.883. The summed E-state index contributed by atoms with van der Waals surface area (Å²) in [6, 6.07) is 9.34. The highest BCUT2D eigenvalue weighted by atomic mass is 16.6. The minimum Gasteiger partial charge on any atom is -0.497 e. The number of rotatable bonds is 8. The summed E-state index contributed by atoms with van der Waals surface area (Å²) in [5.74, 6) is 1.43. The molecular formula is C25H27N7O6. The van der Waals surface area contributed by atoms with Gasteiger partial charge in [-0.15, -0.1) is 0 Å². The van der Waals surface area contributed by atoms with Crippen LogP contribution in [0.5, 0.6) is 11.5 Å². The molecule has 1 aromatic carbocycles. The largest absolute Gasteiger partial charge is 0.497 e. The third-order valence-corrected chi connectivity index (χ3v) is 6.24. The van der Waals surface area contributed by atoms with E-state index in [1.165, 1.54) is 25.1 Å². The first kappa shape index (κ1) is 25.3. The first-order valence-corrected chi connectivity index (χ1v) is 11.8. The van der Waals surface area contributed by atoms with Crippen molar-refractivity contribution in [2.24, 2.45) is 0 Å². The first-order chi connectivity index (χ1) is 18.4. The van der Waals surface area contributed by atoms with Gasteiger partial charge >= 0.3 is 0 Å². The molecule has 0 spiro atoms. The van der Waals surface area contributed by atoms with Gasteiger partial charge in [-0.05, 0) is 23.8 Å². The molecule has 1 aliphatic rings. The number of nitrogens with zero attached hydrogens (tertiary/aromatic N) is 5. The number of anilines is 1. The second kappa shape index (κ2) is 10.6. The number of benzene rings is 1. The lowest BCUT2D eigenvalue weighted by molar-refractivity contribution is -0.137. The Labute approximate surface area is 217 Å². The molecule has 13 heteroatoms. The summed E-state index contributed by atoms with van der Waals surface area (Å²) in [5, 5.41) is 26.9. The minimum absolute atomic E-state index is 0.315. The van der Waals surface area contributed by atoms with E-state index >= 15 is 0 Å². The molecule has 4 N–H and O–H groups in total. The third-order valence-electron chi connectivity index (χ3n) is 6.24. The number of hydrogen-bond acceptors (Lipinski definition) is 11. The van der Waals surface area contributed by atoms with Crippen LogP contribution in [-0.4, -0.2) is 80.2 Å². The van der Waals surface area contributed by atoms with Crippen molar-refractivity contribution in [1.82, 2.24) is 29.8 Å². The quantitative estimate of drug-likeness (QED) is 0.260. The number of likely N-dealkylation sites (N-methyl/N-ethyl adjacent to an activating group) is 1. The second-order valence-electron chi connectivity index (χ2n) is 8.58. The average molecular weight is 522 g/mol. The smallest absolute Gasteiger partial charge is 0.251 e. The van der Waals surface area contributed by atoms with Gasteiger partial charge in [-0.3, -0.25) is 14.3 Å². The summed E-state index contributed by atoms with van der Waals surface area (Å²) in [6.07, 6.45) is -0.621. The number of pyridine rings is 1. The number of aromatic nitrogens is 5. The van der Waals surface area contributed by atoms with Crippen molar-refractivity contribution in [2.45, 2.75) is 31.1 Å². The van der Waals surface area contributed by atoms with E-state index in [1.807, 2.05) is 24.3 Å². The maximum Gasteiger partial charge on any atom is 0.251 e. The van der Waals surface area contributed by atoms with Crippen molar-refractivity contribution in [2.75, 3.05) is 26.6 Å². The molecule has 0 saturated carbocycles. The van der Waals surface area contributed by atoms with E-state index in [0.717, 1.165) is 11.3 Å². The Morgan fingerprint density at radius 1 is 1.11 bits per heavy atom. The van der Waals surface area contributed by atoms with Gasteiger partial charge in [0.15, 0.2) is 35.1 Å². The molecule has 3 aromatic heterocycles. The second-order valence-corrected chi connectivity index (χ2v) is 8.58. The Morgan fingerprint density at radius 3 is 2.68 bits per heavy atom. The van der Waals surface area contributed by atoms with Crippen LogP contribution < -0.4 is 20.1 Å². The van der Waals surface area contributed by atoms with Crippen LogP contribution in [-0.2, 0) is 16.1 Å². The summed E-state index contributed by atoms with van der Waals surface area (Å²) in [7, 11) is 4.56. The molecule has 1 saturated heterocycles. The number of fused-ring (bicyclic) bond motifs is 1. The highest BCUT2D eigenvalue weighted by molar-refractivity contribution is 5.85. The number of imidazole rings is 1. The molecule has 4 atom stereocenters. The van der Waals surface area contributed by atoms with Crippen LogP contribution in [0.25, 0.3) is 22.6 Å². The number of hydrogen-bond donors (Lipinski definition) is 4. The Hall–Kier alpha value is -4.33. The van der Waals surface area contributed by atoms with Gasteiger partial charge in [0.2, 0.25) is 0 Å². The van der Waals surface area contributed by atoms with Crippen molar-refractivity contribution in [3.05, 3.63) is 54.6 Å². The van der Waals surface area contributed by atoms with Crippen LogP contribution in [0, 0.1) is 0 Å². The summed E-state index contributed by atoms with van der Waals surface area (Å²) < 4.78 is 17.8. The normalized spacial score (nSPS) is 20.9. The zero-order chi connectivity index (χ0) is 26.8. The SMILES string of the molecule is CNC(=O)[C@H]1O[C@@H](n2cnc3c(NCc4cccc(OC)c4)nc(-c4cncc(OC)c4)nc32)[C@H](O)[C@@H]1O. The highest BCUT2D eigenvalue weighted by Gasteiger charge is 2.47. The molecule has 5 rings (SSSR count). The summed E-state index contributed by atoms with van der Waals surface area (Å²) >= 11 is 0. The van der Waals surface area contributed by atoms with Gasteiger partial charge in [0, 0.05) is 25.4 Å². The van der Waals surface area contributed by atoms with Gasteiger partial charge in [0.25, 0.3) is 5.91 Å². The lowest BCUT2D eigenvalue weighted by Crippen LogP contribution is -2.41. The number of aliphatic hydroxyl groups excluding tert-OH is 2. The summed E-state index contributed by atoms with van der Waals surface area (Å²) in [4.78, 5) is 30.2. The fourth-order valence-electron chi connectivity index (χ4n) is 4.22. The maximum atomic E-state index is 12.2. The molecule has 4 aromatic rings. The van der Waals surface area contributed by atoms with E-state index in [-0.39, 0.29) is 0 Å². The van der Waals surface area contributed by atoms with Crippen molar-refractivity contribution in [1.29, 1.82) is 0 Å². The average Bonchev–Trinajstić information content (AvgIpc) is 3.51. The van der Waals surface area contributed by atoms with E-state index in [0.29, 0.717) is 40.7 Å². The van der Waals surface area contributed by atoms with Crippen molar-refractivity contribution in [3.63, 3.8) is 0 Å². The van der Waals surface area contributed by atoms with Crippen LogP contribution in [0.1, 0.15) is 11.8 Å². The Bertz CT molecular complexity index is 1460. The zero-order valence-corrected chi connectivity index (χ0v) is 20.9. The van der Waals surface area contributed by atoms with Gasteiger partial charge in [-0.25, -0.2) is 15.0 Å². The van der Waals surface area contributed by atoms with E-state index < -0.39 is 30.4 Å². The lowest BCUT2D eigenvalue weighted by Gasteiger charge is -2.17. The van der Waals surface area contributed by atoms with Crippen LogP contribution in [0.3, 0.4) is 0 Å². The standard InChI is InChI=1S/C25H27N7O6/c1-26-24(35)20-18(33)19(34)25(38-20)32-12-29-17-22(28-9-13-5-4-6-15(7-13)36-2)30-21(31-23(17)32)14-8-16(37-3)11-27-10-14/h4-8,10-12,18-20,25,33-34H,9H2,1-3H3,(H,26,35)(H,28,30,31)/t18-,19+,20-,25+/m0/s1. The molecule has 38 heavy (non-hydrogen) atoms. The van der Waals surface area contributed by atoms with Gasteiger partial charge < -0.3 is 35.1 Å². The van der Waals surface area contributed by atoms with Gasteiger partial charge in [0.05, 0.1) is 26.7 Å².